The molecule has 0 spiro atoms. The van der Waals surface area contributed by atoms with Gasteiger partial charge < -0.3 is 10.2 Å². The van der Waals surface area contributed by atoms with E-state index in [1.165, 1.54) is 11.8 Å². The van der Waals surface area contributed by atoms with Crippen molar-refractivity contribution < 1.29 is 9.59 Å². The molecule has 0 atom stereocenters. The highest BCUT2D eigenvalue weighted by Gasteiger charge is 2.17. The van der Waals surface area contributed by atoms with Crippen LogP contribution in [0.25, 0.3) is 0 Å². The van der Waals surface area contributed by atoms with Gasteiger partial charge in [-0.2, -0.15) is 0 Å². The first-order valence-corrected chi connectivity index (χ1v) is 9.64. The van der Waals surface area contributed by atoms with E-state index in [4.69, 9.17) is 0 Å². The minimum Gasteiger partial charge on any atom is -0.355 e. The lowest BCUT2D eigenvalue weighted by atomic mass is 10.1. The second-order valence-electron chi connectivity index (χ2n) is 6.21. The van der Waals surface area contributed by atoms with Crippen molar-refractivity contribution in [3.8, 4) is 0 Å². The van der Waals surface area contributed by atoms with E-state index >= 15 is 0 Å². The molecule has 3 aromatic rings. The number of benzene rings is 2. The summed E-state index contributed by atoms with van der Waals surface area (Å²) in [4.78, 5) is 31.7. The van der Waals surface area contributed by atoms with E-state index in [-0.39, 0.29) is 11.8 Å². The molecule has 0 aliphatic rings. The van der Waals surface area contributed by atoms with Gasteiger partial charge in [0.05, 0.1) is 5.56 Å². The maximum Gasteiger partial charge on any atom is 0.256 e. The summed E-state index contributed by atoms with van der Waals surface area (Å²) in [7, 11) is 3.36. The second-order valence-corrected chi connectivity index (χ2v) is 7.27. The van der Waals surface area contributed by atoms with Crippen LogP contribution >= 0.6 is 11.8 Å². The number of rotatable bonds is 6. The summed E-state index contributed by atoms with van der Waals surface area (Å²) in [6.45, 7) is 0.442. The first-order chi connectivity index (χ1) is 13.6. The van der Waals surface area contributed by atoms with Gasteiger partial charge >= 0.3 is 0 Å². The molecule has 6 heteroatoms. The molecule has 28 heavy (non-hydrogen) atoms. The molecular weight excluding hydrogens is 370 g/mol. The fourth-order valence-electron chi connectivity index (χ4n) is 2.69. The Kier molecular flexibility index (Phi) is 6.45. The van der Waals surface area contributed by atoms with Gasteiger partial charge in [0.1, 0.15) is 5.03 Å². The Morgan fingerprint density at radius 3 is 2.39 bits per heavy atom. The Balaban J connectivity index is 1.74. The van der Waals surface area contributed by atoms with Gasteiger partial charge in [-0.15, -0.1) is 0 Å². The smallest absolute Gasteiger partial charge is 0.256 e. The van der Waals surface area contributed by atoms with Crippen molar-refractivity contribution in [2.24, 2.45) is 0 Å². The van der Waals surface area contributed by atoms with Crippen LogP contribution < -0.4 is 5.32 Å². The van der Waals surface area contributed by atoms with Crippen LogP contribution in [0.3, 0.4) is 0 Å². The van der Waals surface area contributed by atoms with Crippen LogP contribution in [-0.2, 0) is 6.54 Å². The molecule has 0 unspecified atom stereocenters. The third-order valence-electron chi connectivity index (χ3n) is 4.17. The standard InChI is InChI=1S/C22H21N3O2S/c1-23-20(26)17-12-10-16(11-13-17)15-25(2)22(27)19-9-6-14-24-21(19)28-18-7-4-3-5-8-18/h3-14H,15H2,1-2H3,(H,23,26). The van der Waals surface area contributed by atoms with Crippen LogP contribution in [0.1, 0.15) is 26.3 Å². The minimum absolute atomic E-state index is 0.0955. The normalized spacial score (nSPS) is 10.4. The zero-order valence-corrected chi connectivity index (χ0v) is 16.6. The lowest BCUT2D eigenvalue weighted by Gasteiger charge is -2.19. The lowest BCUT2D eigenvalue weighted by molar-refractivity contribution is 0.0780. The van der Waals surface area contributed by atoms with Gasteiger partial charge in [0.2, 0.25) is 0 Å². The largest absolute Gasteiger partial charge is 0.355 e. The quantitative estimate of drug-likeness (QED) is 0.693. The van der Waals surface area contributed by atoms with E-state index in [0.717, 1.165) is 10.5 Å². The van der Waals surface area contributed by atoms with Crippen molar-refractivity contribution in [2.45, 2.75) is 16.5 Å². The van der Waals surface area contributed by atoms with Gasteiger partial charge in [0.15, 0.2) is 0 Å². The topological polar surface area (TPSA) is 62.3 Å². The Labute approximate surface area is 168 Å². The Morgan fingerprint density at radius 1 is 1.00 bits per heavy atom. The highest BCUT2D eigenvalue weighted by atomic mass is 32.2. The predicted octanol–water partition coefficient (Wildman–Crippen LogP) is 3.86. The number of nitrogens with one attached hydrogen (secondary N) is 1. The van der Waals surface area contributed by atoms with Crippen LogP contribution in [-0.4, -0.2) is 35.8 Å². The van der Waals surface area contributed by atoms with Gasteiger partial charge in [-0.3, -0.25) is 9.59 Å². The molecule has 0 saturated carbocycles. The van der Waals surface area contributed by atoms with Gasteiger partial charge in [0, 0.05) is 37.3 Å². The zero-order chi connectivity index (χ0) is 19.9. The van der Waals surface area contributed by atoms with E-state index in [1.807, 2.05) is 42.5 Å². The van der Waals surface area contributed by atoms with Gasteiger partial charge in [0.25, 0.3) is 11.8 Å². The molecule has 3 rings (SSSR count). The summed E-state index contributed by atoms with van der Waals surface area (Å²) in [6.07, 6.45) is 1.69. The number of carbonyl (C=O) groups is 2. The number of pyridine rings is 1. The minimum atomic E-state index is -0.131. The summed E-state index contributed by atoms with van der Waals surface area (Å²) in [5.74, 6) is -0.226. The summed E-state index contributed by atoms with van der Waals surface area (Å²) in [6, 6.07) is 20.7. The molecule has 0 saturated heterocycles. The Hall–Kier alpha value is -3.12. The molecule has 2 amide bonds. The summed E-state index contributed by atoms with van der Waals surface area (Å²) >= 11 is 1.47. The maximum atomic E-state index is 13.0. The average Bonchev–Trinajstić information content (AvgIpc) is 2.74. The SMILES string of the molecule is CNC(=O)c1ccc(CN(C)C(=O)c2cccnc2Sc2ccccc2)cc1. The number of aromatic nitrogens is 1. The molecule has 1 N–H and O–H groups in total. The molecule has 0 radical (unpaired) electrons. The van der Waals surface area contributed by atoms with Gasteiger partial charge in [-0.1, -0.05) is 42.1 Å². The molecule has 0 aliphatic carbocycles. The van der Waals surface area contributed by atoms with Gasteiger partial charge in [-0.25, -0.2) is 4.98 Å². The van der Waals surface area contributed by atoms with Crippen LogP contribution in [0.15, 0.2) is 82.8 Å². The molecule has 142 valence electrons. The molecular formula is C22H21N3O2S. The first-order valence-electron chi connectivity index (χ1n) is 8.83. The Bertz CT molecular complexity index is 959. The summed E-state index contributed by atoms with van der Waals surface area (Å²) in [5, 5.41) is 3.28. The lowest BCUT2D eigenvalue weighted by Crippen LogP contribution is -2.27. The van der Waals surface area contributed by atoms with Crippen molar-refractivity contribution in [1.82, 2.24) is 15.2 Å². The average molecular weight is 391 g/mol. The third kappa shape index (κ3) is 4.78. The van der Waals surface area contributed by atoms with Gasteiger partial charge in [-0.05, 0) is 42.0 Å². The van der Waals surface area contributed by atoms with Crippen LogP contribution in [0.4, 0.5) is 0 Å². The second kappa shape index (κ2) is 9.19. The monoisotopic (exact) mass is 391 g/mol. The summed E-state index contributed by atoms with van der Waals surface area (Å²) < 4.78 is 0. The molecule has 5 nitrogen and oxygen atoms in total. The fraction of sp³-hybridized carbons (Fsp3) is 0.136. The van der Waals surface area contributed by atoms with Crippen molar-refractivity contribution in [2.75, 3.05) is 14.1 Å². The maximum absolute atomic E-state index is 13.0. The molecule has 2 aromatic carbocycles. The van der Waals surface area contributed by atoms with Crippen molar-refractivity contribution in [3.05, 3.63) is 89.6 Å². The number of amides is 2. The van der Waals surface area contributed by atoms with Crippen LogP contribution in [0.2, 0.25) is 0 Å². The number of carbonyl (C=O) groups excluding carboxylic acids is 2. The Morgan fingerprint density at radius 2 is 1.71 bits per heavy atom. The molecule has 0 aliphatic heterocycles. The third-order valence-corrected chi connectivity index (χ3v) is 5.20. The van der Waals surface area contributed by atoms with Crippen molar-refractivity contribution in [1.29, 1.82) is 0 Å². The summed E-state index contributed by atoms with van der Waals surface area (Å²) in [5.41, 5.74) is 2.11. The molecule has 1 heterocycles. The highest BCUT2D eigenvalue weighted by molar-refractivity contribution is 7.99. The number of nitrogens with zero attached hydrogens (tertiary/aromatic N) is 2. The number of hydrogen-bond donors (Lipinski definition) is 1. The van der Waals surface area contributed by atoms with E-state index in [2.05, 4.69) is 10.3 Å². The molecule has 0 bridgehead atoms. The van der Waals surface area contributed by atoms with E-state index in [9.17, 15) is 9.59 Å². The molecule has 1 aromatic heterocycles. The van der Waals surface area contributed by atoms with E-state index < -0.39 is 0 Å². The zero-order valence-electron chi connectivity index (χ0n) is 15.8. The molecule has 0 fully saturated rings. The first kappa shape index (κ1) is 19.6. The van der Waals surface area contributed by atoms with Crippen LogP contribution in [0.5, 0.6) is 0 Å². The fourth-order valence-corrected chi connectivity index (χ4v) is 3.59. The van der Waals surface area contributed by atoms with E-state index in [1.54, 1.807) is 49.5 Å². The highest BCUT2D eigenvalue weighted by Crippen LogP contribution is 2.29. The predicted molar refractivity (Wildman–Crippen MR) is 110 cm³/mol. The number of hydrogen-bond acceptors (Lipinski definition) is 4. The van der Waals surface area contributed by atoms with Crippen molar-refractivity contribution >= 4 is 23.6 Å². The van der Waals surface area contributed by atoms with E-state index in [0.29, 0.717) is 22.7 Å². The van der Waals surface area contributed by atoms with Crippen molar-refractivity contribution in [3.63, 3.8) is 0 Å². The van der Waals surface area contributed by atoms with Crippen LogP contribution in [0, 0.1) is 0 Å².